The van der Waals surface area contributed by atoms with Crippen LogP contribution in [-0.2, 0) is 28.8 Å². The van der Waals surface area contributed by atoms with Gasteiger partial charge in [-0.15, -0.1) is 0 Å². The minimum absolute atomic E-state index is 0.0886. The SMILES string of the molecule is CSCCC(NC(=O)C(CC(N)=O)NC(=O)C(N)C(C)O)C(=O)NC(CCC(N)=O)C(=O)O. The summed E-state index contributed by atoms with van der Waals surface area (Å²) in [6.45, 7) is 1.26. The summed E-state index contributed by atoms with van der Waals surface area (Å²) in [6.07, 6.45) is -0.553. The third-order valence-electron chi connectivity index (χ3n) is 4.40. The fourth-order valence-corrected chi connectivity index (χ4v) is 2.96. The Morgan fingerprint density at radius 2 is 1.36 bits per heavy atom. The molecule has 0 aliphatic carbocycles. The second kappa shape index (κ2) is 15.0. The number of primary amides is 2. The highest BCUT2D eigenvalue weighted by atomic mass is 32.2. The zero-order valence-electron chi connectivity index (χ0n) is 18.4. The molecular weight excluding hydrogens is 460 g/mol. The average Bonchev–Trinajstić information content (AvgIpc) is 2.71. The van der Waals surface area contributed by atoms with Gasteiger partial charge in [0.05, 0.1) is 12.5 Å². The Balaban J connectivity index is 5.49. The summed E-state index contributed by atoms with van der Waals surface area (Å²) in [4.78, 5) is 71.2. The van der Waals surface area contributed by atoms with E-state index >= 15 is 0 Å². The number of thioether (sulfide) groups is 1. The summed E-state index contributed by atoms with van der Waals surface area (Å²) < 4.78 is 0. The predicted octanol–water partition coefficient (Wildman–Crippen LogP) is -3.87. The van der Waals surface area contributed by atoms with Crippen LogP contribution in [0.25, 0.3) is 0 Å². The fraction of sp³-hybridized carbons (Fsp3) is 0.667. The number of amides is 5. The van der Waals surface area contributed by atoms with Crippen LogP contribution >= 0.6 is 11.8 Å². The number of hydrogen-bond donors (Lipinski definition) is 8. The Morgan fingerprint density at radius 1 is 0.848 bits per heavy atom. The lowest BCUT2D eigenvalue weighted by atomic mass is 10.1. The Kier molecular flexibility index (Phi) is 13.7. The van der Waals surface area contributed by atoms with Crippen molar-refractivity contribution >= 4 is 47.3 Å². The van der Waals surface area contributed by atoms with Gasteiger partial charge in [0.15, 0.2) is 0 Å². The van der Waals surface area contributed by atoms with Crippen LogP contribution in [0.4, 0.5) is 0 Å². The number of aliphatic hydroxyl groups excluding tert-OH is 1. The maximum Gasteiger partial charge on any atom is 0.326 e. The molecule has 188 valence electrons. The molecule has 15 heteroatoms. The number of carboxylic acids is 1. The lowest BCUT2D eigenvalue weighted by Gasteiger charge is -2.25. The summed E-state index contributed by atoms with van der Waals surface area (Å²) in [5, 5.41) is 25.5. The monoisotopic (exact) mass is 492 g/mol. The normalized spacial score (nSPS) is 15.3. The third-order valence-corrected chi connectivity index (χ3v) is 5.04. The number of carboxylic acid groups (broad SMARTS) is 1. The number of nitrogens with one attached hydrogen (secondary N) is 3. The molecule has 5 amide bonds. The highest BCUT2D eigenvalue weighted by Gasteiger charge is 2.31. The molecule has 0 aliphatic heterocycles. The number of carbonyl (C=O) groups is 6. The second-order valence-electron chi connectivity index (χ2n) is 7.25. The summed E-state index contributed by atoms with van der Waals surface area (Å²) in [5.74, 6) is -5.38. The molecule has 0 saturated carbocycles. The van der Waals surface area contributed by atoms with E-state index in [1.165, 1.54) is 18.7 Å². The van der Waals surface area contributed by atoms with E-state index in [4.69, 9.17) is 17.2 Å². The molecule has 0 aromatic carbocycles. The van der Waals surface area contributed by atoms with Crippen LogP contribution in [-0.4, -0.2) is 88.0 Å². The smallest absolute Gasteiger partial charge is 0.326 e. The predicted molar refractivity (Wildman–Crippen MR) is 118 cm³/mol. The average molecular weight is 493 g/mol. The van der Waals surface area contributed by atoms with Crippen molar-refractivity contribution in [3.63, 3.8) is 0 Å². The van der Waals surface area contributed by atoms with E-state index in [-0.39, 0.29) is 19.3 Å². The van der Waals surface area contributed by atoms with E-state index in [2.05, 4.69) is 16.0 Å². The molecule has 0 radical (unpaired) electrons. The van der Waals surface area contributed by atoms with Crippen molar-refractivity contribution in [3.05, 3.63) is 0 Å². The number of carbonyl (C=O) groups excluding carboxylic acids is 5. The molecule has 33 heavy (non-hydrogen) atoms. The van der Waals surface area contributed by atoms with E-state index in [1.54, 1.807) is 6.26 Å². The van der Waals surface area contributed by atoms with Crippen molar-refractivity contribution in [1.82, 2.24) is 16.0 Å². The van der Waals surface area contributed by atoms with Crippen LogP contribution < -0.4 is 33.2 Å². The van der Waals surface area contributed by atoms with Gasteiger partial charge in [0.2, 0.25) is 29.5 Å². The van der Waals surface area contributed by atoms with Crippen molar-refractivity contribution in [1.29, 1.82) is 0 Å². The maximum atomic E-state index is 12.7. The zero-order chi connectivity index (χ0) is 25.7. The van der Waals surface area contributed by atoms with Crippen LogP contribution in [0.15, 0.2) is 0 Å². The van der Waals surface area contributed by atoms with E-state index in [0.717, 1.165) is 0 Å². The summed E-state index contributed by atoms with van der Waals surface area (Å²) >= 11 is 1.35. The molecular formula is C18H32N6O8S. The molecule has 5 atom stereocenters. The number of aliphatic hydroxyl groups is 1. The van der Waals surface area contributed by atoms with Gasteiger partial charge in [-0.05, 0) is 31.8 Å². The summed E-state index contributed by atoms with van der Waals surface area (Å²) in [6, 6.07) is -5.53. The number of aliphatic carboxylic acids is 1. The lowest BCUT2D eigenvalue weighted by Crippen LogP contribution is -2.58. The molecule has 0 aromatic heterocycles. The molecule has 11 N–H and O–H groups in total. The summed E-state index contributed by atoms with van der Waals surface area (Å²) in [7, 11) is 0. The Labute approximate surface area is 194 Å². The highest BCUT2D eigenvalue weighted by molar-refractivity contribution is 7.98. The zero-order valence-corrected chi connectivity index (χ0v) is 19.2. The van der Waals surface area contributed by atoms with Crippen LogP contribution in [0.2, 0.25) is 0 Å². The highest BCUT2D eigenvalue weighted by Crippen LogP contribution is 2.05. The lowest BCUT2D eigenvalue weighted by molar-refractivity contribution is -0.142. The van der Waals surface area contributed by atoms with E-state index in [1.807, 2.05) is 0 Å². The van der Waals surface area contributed by atoms with Crippen molar-refractivity contribution < 1.29 is 39.0 Å². The molecule has 14 nitrogen and oxygen atoms in total. The molecule has 0 aromatic rings. The van der Waals surface area contributed by atoms with Crippen molar-refractivity contribution in [2.75, 3.05) is 12.0 Å². The standard InChI is InChI=1S/C18H32N6O8S/c1-8(25)14(21)17(30)24-11(7-13(20)27)16(29)22-9(5-6-33-2)15(28)23-10(18(31)32)3-4-12(19)26/h8-11,14,25H,3-7,21H2,1-2H3,(H2,19,26)(H2,20,27)(H,22,29)(H,23,28)(H,24,30)(H,31,32). The molecule has 0 spiro atoms. The minimum atomic E-state index is -1.49. The third kappa shape index (κ3) is 12.1. The largest absolute Gasteiger partial charge is 0.480 e. The molecule has 0 heterocycles. The van der Waals surface area contributed by atoms with Gasteiger partial charge in [-0.3, -0.25) is 24.0 Å². The Morgan fingerprint density at radius 3 is 1.82 bits per heavy atom. The second-order valence-corrected chi connectivity index (χ2v) is 8.23. The summed E-state index contributed by atoms with van der Waals surface area (Å²) in [5.41, 5.74) is 15.7. The van der Waals surface area contributed by atoms with Crippen LogP contribution in [0.1, 0.15) is 32.6 Å². The number of rotatable bonds is 16. The molecule has 0 rings (SSSR count). The first-order valence-electron chi connectivity index (χ1n) is 9.93. The quantitative estimate of drug-likeness (QED) is 0.104. The van der Waals surface area contributed by atoms with E-state index in [0.29, 0.717) is 5.75 Å². The first-order chi connectivity index (χ1) is 15.3. The van der Waals surface area contributed by atoms with Crippen molar-refractivity contribution in [2.45, 2.75) is 62.9 Å². The Bertz CT molecular complexity index is 735. The van der Waals surface area contributed by atoms with Crippen molar-refractivity contribution in [3.8, 4) is 0 Å². The maximum absolute atomic E-state index is 12.7. The molecule has 0 aliphatic rings. The number of nitrogens with two attached hydrogens (primary N) is 3. The van der Waals surface area contributed by atoms with Crippen LogP contribution in [0.5, 0.6) is 0 Å². The first kappa shape index (κ1) is 30.1. The van der Waals surface area contributed by atoms with Gasteiger partial charge < -0.3 is 43.4 Å². The van der Waals surface area contributed by atoms with E-state index in [9.17, 15) is 39.0 Å². The van der Waals surface area contributed by atoms with Gasteiger partial charge in [-0.1, -0.05) is 0 Å². The molecule has 5 unspecified atom stereocenters. The van der Waals surface area contributed by atoms with Gasteiger partial charge in [-0.25, -0.2) is 4.79 Å². The number of hydrogen-bond acceptors (Lipinski definition) is 9. The van der Waals surface area contributed by atoms with Gasteiger partial charge in [0, 0.05) is 6.42 Å². The van der Waals surface area contributed by atoms with Gasteiger partial charge in [-0.2, -0.15) is 11.8 Å². The van der Waals surface area contributed by atoms with E-state index < -0.39 is 72.2 Å². The van der Waals surface area contributed by atoms with Crippen LogP contribution in [0.3, 0.4) is 0 Å². The molecule has 0 bridgehead atoms. The van der Waals surface area contributed by atoms with Gasteiger partial charge in [0.1, 0.15) is 24.2 Å². The van der Waals surface area contributed by atoms with Gasteiger partial charge >= 0.3 is 5.97 Å². The van der Waals surface area contributed by atoms with Crippen molar-refractivity contribution in [2.24, 2.45) is 17.2 Å². The minimum Gasteiger partial charge on any atom is -0.480 e. The first-order valence-corrected chi connectivity index (χ1v) is 11.3. The van der Waals surface area contributed by atoms with Crippen LogP contribution in [0, 0.1) is 0 Å². The topological polar surface area (TPSA) is 257 Å². The Hall–Kier alpha value is -2.91. The molecule has 0 fully saturated rings. The fourth-order valence-electron chi connectivity index (χ4n) is 2.49. The van der Waals surface area contributed by atoms with Gasteiger partial charge in [0.25, 0.3) is 0 Å². The molecule has 0 saturated heterocycles.